The van der Waals surface area contributed by atoms with Crippen LogP contribution in [0.1, 0.15) is 18.9 Å². The van der Waals surface area contributed by atoms with E-state index in [9.17, 15) is 13.2 Å². The van der Waals surface area contributed by atoms with Gasteiger partial charge in [-0.1, -0.05) is 6.07 Å². The van der Waals surface area contributed by atoms with E-state index in [-0.39, 0.29) is 12.6 Å². The van der Waals surface area contributed by atoms with E-state index in [0.29, 0.717) is 12.2 Å². The fourth-order valence-electron chi connectivity index (χ4n) is 1.68. The van der Waals surface area contributed by atoms with Gasteiger partial charge in [0.05, 0.1) is 6.42 Å². The highest BCUT2D eigenvalue weighted by atomic mass is 19.4. The van der Waals surface area contributed by atoms with Crippen molar-refractivity contribution in [2.24, 2.45) is 5.73 Å². The second kappa shape index (κ2) is 6.04. The normalized spacial score (nSPS) is 13.4. The van der Waals surface area contributed by atoms with Crippen LogP contribution in [0, 0.1) is 0 Å². The second-order valence-electron chi connectivity index (χ2n) is 4.45. The summed E-state index contributed by atoms with van der Waals surface area (Å²) in [4.78, 5) is 5.65. The summed E-state index contributed by atoms with van der Waals surface area (Å²) in [5.41, 5.74) is 6.58. The van der Waals surface area contributed by atoms with Crippen LogP contribution in [0.15, 0.2) is 18.3 Å². The molecule has 6 heteroatoms. The lowest BCUT2D eigenvalue weighted by Crippen LogP contribution is -2.27. The van der Waals surface area contributed by atoms with Gasteiger partial charge in [-0.3, -0.25) is 0 Å². The van der Waals surface area contributed by atoms with Crippen molar-refractivity contribution >= 4 is 5.82 Å². The first-order chi connectivity index (χ1) is 8.29. The number of alkyl halides is 3. The van der Waals surface area contributed by atoms with Gasteiger partial charge in [0.2, 0.25) is 0 Å². The third kappa shape index (κ3) is 4.91. The minimum Gasteiger partial charge on any atom is -0.359 e. The summed E-state index contributed by atoms with van der Waals surface area (Å²) in [6.07, 6.45) is -2.83. The molecular formula is C12H18F3N3. The molecule has 102 valence electrons. The summed E-state index contributed by atoms with van der Waals surface area (Å²) in [5.74, 6) is 0.569. The minimum absolute atomic E-state index is 0.0519. The highest BCUT2D eigenvalue weighted by Crippen LogP contribution is 2.22. The zero-order chi connectivity index (χ0) is 13.8. The second-order valence-corrected chi connectivity index (χ2v) is 4.45. The highest BCUT2D eigenvalue weighted by Gasteiger charge is 2.27. The molecular weight excluding hydrogens is 243 g/mol. The van der Waals surface area contributed by atoms with Crippen LogP contribution in [0.2, 0.25) is 0 Å². The lowest BCUT2D eigenvalue weighted by Gasteiger charge is -2.22. The molecule has 1 heterocycles. The summed E-state index contributed by atoms with van der Waals surface area (Å²) < 4.78 is 36.5. The fraction of sp³-hybridized carbons (Fsp3) is 0.583. The molecule has 0 aliphatic rings. The Morgan fingerprint density at radius 2 is 2.11 bits per heavy atom. The van der Waals surface area contributed by atoms with Gasteiger partial charge in [-0.2, -0.15) is 13.2 Å². The summed E-state index contributed by atoms with van der Waals surface area (Å²) in [6.45, 7) is 1.75. The van der Waals surface area contributed by atoms with E-state index < -0.39 is 12.6 Å². The van der Waals surface area contributed by atoms with Crippen molar-refractivity contribution in [3.05, 3.63) is 23.9 Å². The summed E-state index contributed by atoms with van der Waals surface area (Å²) in [7, 11) is 1.61. The highest BCUT2D eigenvalue weighted by molar-refractivity contribution is 5.46. The van der Waals surface area contributed by atoms with E-state index in [4.69, 9.17) is 5.73 Å². The monoisotopic (exact) mass is 261 g/mol. The van der Waals surface area contributed by atoms with Crippen LogP contribution in [-0.4, -0.2) is 30.8 Å². The molecule has 0 bridgehead atoms. The number of pyridine rings is 1. The average molecular weight is 261 g/mol. The quantitative estimate of drug-likeness (QED) is 0.884. The van der Waals surface area contributed by atoms with Gasteiger partial charge in [0.15, 0.2) is 0 Å². The first-order valence-electron chi connectivity index (χ1n) is 5.77. The first kappa shape index (κ1) is 14.8. The van der Waals surface area contributed by atoms with Gasteiger partial charge in [0.25, 0.3) is 0 Å². The summed E-state index contributed by atoms with van der Waals surface area (Å²) in [5, 5.41) is 0. The molecule has 0 saturated heterocycles. The van der Waals surface area contributed by atoms with Crippen molar-refractivity contribution in [3.63, 3.8) is 0 Å². The van der Waals surface area contributed by atoms with E-state index in [1.54, 1.807) is 19.3 Å². The van der Waals surface area contributed by atoms with Crippen LogP contribution < -0.4 is 10.6 Å². The maximum Gasteiger partial charge on any atom is 0.390 e. The SMILES string of the molecule is CC(N)Cc1cccnc1N(C)CCC(F)(F)F. The largest absolute Gasteiger partial charge is 0.390 e. The summed E-state index contributed by atoms with van der Waals surface area (Å²) >= 11 is 0. The molecule has 18 heavy (non-hydrogen) atoms. The molecule has 0 amide bonds. The molecule has 1 atom stereocenters. The Morgan fingerprint density at radius 1 is 1.44 bits per heavy atom. The van der Waals surface area contributed by atoms with E-state index in [2.05, 4.69) is 4.98 Å². The Balaban J connectivity index is 2.75. The van der Waals surface area contributed by atoms with Crippen LogP contribution >= 0.6 is 0 Å². The van der Waals surface area contributed by atoms with Gasteiger partial charge in [-0.05, 0) is 25.0 Å². The molecule has 0 saturated carbocycles. The van der Waals surface area contributed by atoms with Crippen molar-refractivity contribution in [2.75, 3.05) is 18.5 Å². The molecule has 0 aromatic carbocycles. The average Bonchev–Trinajstić information content (AvgIpc) is 2.25. The van der Waals surface area contributed by atoms with Crippen LogP contribution in [0.5, 0.6) is 0 Å². The van der Waals surface area contributed by atoms with Gasteiger partial charge in [0.1, 0.15) is 5.82 Å². The standard InChI is InChI=1S/C12H18F3N3/c1-9(16)8-10-4-3-6-17-11(10)18(2)7-5-12(13,14)15/h3-4,6,9H,5,7-8,16H2,1-2H3. The molecule has 1 aromatic rings. The molecule has 0 spiro atoms. The van der Waals surface area contributed by atoms with E-state index in [0.717, 1.165) is 5.56 Å². The number of aromatic nitrogens is 1. The first-order valence-corrected chi connectivity index (χ1v) is 5.77. The number of hydrogen-bond donors (Lipinski definition) is 1. The Hall–Kier alpha value is -1.30. The predicted molar refractivity (Wildman–Crippen MR) is 65.5 cm³/mol. The number of rotatable bonds is 5. The Morgan fingerprint density at radius 3 is 2.67 bits per heavy atom. The Bertz CT molecular complexity index is 377. The molecule has 0 aliphatic carbocycles. The van der Waals surface area contributed by atoms with Crippen molar-refractivity contribution in [1.29, 1.82) is 0 Å². The van der Waals surface area contributed by atoms with Gasteiger partial charge in [-0.25, -0.2) is 4.98 Å². The van der Waals surface area contributed by atoms with Gasteiger partial charge < -0.3 is 10.6 Å². The summed E-state index contributed by atoms with van der Waals surface area (Å²) in [6, 6.07) is 3.55. The third-order valence-electron chi connectivity index (χ3n) is 2.50. The van der Waals surface area contributed by atoms with E-state index in [1.165, 1.54) is 4.90 Å². The zero-order valence-electron chi connectivity index (χ0n) is 10.5. The molecule has 2 N–H and O–H groups in total. The molecule has 1 aromatic heterocycles. The van der Waals surface area contributed by atoms with Crippen LogP contribution in [0.3, 0.4) is 0 Å². The van der Waals surface area contributed by atoms with Crippen molar-refractivity contribution in [2.45, 2.75) is 32.0 Å². The lowest BCUT2D eigenvalue weighted by molar-refractivity contribution is -0.132. The molecule has 1 unspecified atom stereocenters. The zero-order valence-corrected chi connectivity index (χ0v) is 10.5. The molecule has 0 radical (unpaired) electrons. The number of nitrogens with two attached hydrogens (primary N) is 1. The van der Waals surface area contributed by atoms with Crippen molar-refractivity contribution < 1.29 is 13.2 Å². The van der Waals surface area contributed by atoms with Crippen LogP contribution in [-0.2, 0) is 6.42 Å². The van der Waals surface area contributed by atoms with Gasteiger partial charge in [-0.15, -0.1) is 0 Å². The van der Waals surface area contributed by atoms with Crippen LogP contribution in [0.4, 0.5) is 19.0 Å². The third-order valence-corrected chi connectivity index (χ3v) is 2.50. The smallest absolute Gasteiger partial charge is 0.359 e. The van der Waals surface area contributed by atoms with E-state index >= 15 is 0 Å². The molecule has 0 fully saturated rings. The number of anilines is 1. The van der Waals surface area contributed by atoms with E-state index in [1.807, 2.05) is 13.0 Å². The maximum atomic E-state index is 12.2. The molecule has 3 nitrogen and oxygen atoms in total. The van der Waals surface area contributed by atoms with Crippen LogP contribution in [0.25, 0.3) is 0 Å². The molecule has 0 aliphatic heterocycles. The Labute approximate surface area is 105 Å². The van der Waals surface area contributed by atoms with Crippen molar-refractivity contribution in [3.8, 4) is 0 Å². The fourth-order valence-corrected chi connectivity index (χ4v) is 1.68. The van der Waals surface area contributed by atoms with Gasteiger partial charge >= 0.3 is 6.18 Å². The predicted octanol–water partition coefficient (Wildman–Crippen LogP) is 2.36. The number of halogens is 3. The number of hydrogen-bond acceptors (Lipinski definition) is 3. The van der Waals surface area contributed by atoms with Gasteiger partial charge in [0, 0.05) is 25.8 Å². The topological polar surface area (TPSA) is 42.1 Å². The lowest BCUT2D eigenvalue weighted by atomic mass is 10.1. The minimum atomic E-state index is -4.15. The number of nitrogens with zero attached hydrogens (tertiary/aromatic N) is 2. The Kier molecular flexibility index (Phi) is 4.95. The van der Waals surface area contributed by atoms with Crippen molar-refractivity contribution in [1.82, 2.24) is 4.98 Å². The molecule has 1 rings (SSSR count). The maximum absolute atomic E-state index is 12.2.